The second kappa shape index (κ2) is 7.00. The topological polar surface area (TPSA) is 68.3 Å². The predicted octanol–water partition coefficient (Wildman–Crippen LogP) is 4.86. The number of thiazole rings is 1. The number of rotatable bonds is 3. The molecule has 0 bridgehead atoms. The molecule has 2 aromatic carbocycles. The first-order valence-corrected chi connectivity index (χ1v) is 9.13. The van der Waals surface area contributed by atoms with Crippen molar-refractivity contribution in [2.45, 2.75) is 0 Å². The van der Waals surface area contributed by atoms with Gasteiger partial charge in [-0.3, -0.25) is 10.1 Å². The van der Waals surface area contributed by atoms with Crippen molar-refractivity contribution in [1.82, 2.24) is 4.98 Å². The third kappa shape index (κ3) is 3.50. The molecule has 0 radical (unpaired) electrons. The van der Waals surface area contributed by atoms with E-state index in [1.165, 1.54) is 18.4 Å². The Hall–Kier alpha value is -1.77. The molecule has 122 valence electrons. The maximum atomic E-state index is 12.3. The molecule has 8 heteroatoms. The van der Waals surface area contributed by atoms with Crippen LogP contribution in [0.15, 0.2) is 45.3 Å². The third-order valence-corrected chi connectivity index (χ3v) is 5.18. The van der Waals surface area contributed by atoms with Crippen molar-refractivity contribution in [2.75, 3.05) is 12.4 Å². The lowest BCUT2D eigenvalue weighted by atomic mass is 10.1. The first-order valence-electron chi connectivity index (χ1n) is 6.73. The van der Waals surface area contributed by atoms with E-state index < -0.39 is 5.97 Å². The molecule has 24 heavy (non-hydrogen) atoms. The lowest BCUT2D eigenvalue weighted by Crippen LogP contribution is -2.12. The maximum Gasteiger partial charge on any atom is 0.337 e. The van der Waals surface area contributed by atoms with Crippen LogP contribution in [0.3, 0.4) is 0 Å². The first kappa shape index (κ1) is 17.1. The van der Waals surface area contributed by atoms with Crippen LogP contribution in [-0.4, -0.2) is 24.0 Å². The molecule has 5 nitrogen and oxygen atoms in total. The van der Waals surface area contributed by atoms with Gasteiger partial charge in [-0.05, 0) is 52.3 Å². The highest BCUT2D eigenvalue weighted by Crippen LogP contribution is 2.34. The average Bonchev–Trinajstić information content (AvgIpc) is 2.96. The molecule has 0 saturated carbocycles. The molecule has 0 atom stereocenters. The molecule has 3 rings (SSSR count). The van der Waals surface area contributed by atoms with Crippen molar-refractivity contribution >= 4 is 70.4 Å². The molecule has 1 heterocycles. The van der Waals surface area contributed by atoms with Crippen LogP contribution in [0.1, 0.15) is 20.7 Å². The number of benzene rings is 2. The van der Waals surface area contributed by atoms with Gasteiger partial charge in [-0.1, -0.05) is 27.3 Å². The van der Waals surface area contributed by atoms with E-state index in [-0.39, 0.29) is 5.91 Å². The SMILES string of the molecule is COC(=O)c1ccc(C(=O)Nc2nc3c(Br)cc(Br)cc3s2)cc1. The summed E-state index contributed by atoms with van der Waals surface area (Å²) in [5.74, 6) is -0.732. The smallest absolute Gasteiger partial charge is 0.337 e. The standard InChI is InChI=1S/C16H10Br2N2O3S/c1-23-15(22)9-4-2-8(3-5-9)14(21)20-16-19-13-11(18)6-10(17)7-12(13)24-16/h2-7H,1H3,(H,19,20,21). The van der Waals surface area contributed by atoms with Gasteiger partial charge in [-0.25, -0.2) is 9.78 Å². The number of hydrogen-bond donors (Lipinski definition) is 1. The number of nitrogens with zero attached hydrogens (tertiary/aromatic N) is 1. The summed E-state index contributed by atoms with van der Waals surface area (Å²) in [6.07, 6.45) is 0. The Balaban J connectivity index is 1.82. The summed E-state index contributed by atoms with van der Waals surface area (Å²) in [5, 5.41) is 3.28. The van der Waals surface area contributed by atoms with E-state index in [0.29, 0.717) is 16.3 Å². The number of amides is 1. The Labute approximate surface area is 158 Å². The van der Waals surface area contributed by atoms with E-state index in [0.717, 1.165) is 19.2 Å². The Morgan fingerprint density at radius 2 is 1.79 bits per heavy atom. The van der Waals surface area contributed by atoms with Gasteiger partial charge in [0.05, 0.1) is 22.9 Å². The summed E-state index contributed by atoms with van der Waals surface area (Å²) in [6, 6.07) is 10.1. The minimum Gasteiger partial charge on any atom is -0.465 e. The molecule has 0 spiro atoms. The molecule has 0 aliphatic rings. The third-order valence-electron chi connectivity index (χ3n) is 3.20. The summed E-state index contributed by atoms with van der Waals surface area (Å²) >= 11 is 8.27. The zero-order valence-electron chi connectivity index (χ0n) is 12.3. The fourth-order valence-corrected chi connectivity index (χ4v) is 4.58. The minimum absolute atomic E-state index is 0.291. The second-order valence-corrected chi connectivity index (χ2v) is 7.58. The van der Waals surface area contributed by atoms with Gasteiger partial charge in [0.15, 0.2) is 5.13 Å². The number of ether oxygens (including phenoxy) is 1. The molecule has 3 aromatic rings. The molecule has 0 saturated heterocycles. The number of nitrogens with one attached hydrogen (secondary N) is 1. The van der Waals surface area contributed by atoms with Crippen LogP contribution >= 0.6 is 43.2 Å². The zero-order chi connectivity index (χ0) is 17.3. The fraction of sp³-hybridized carbons (Fsp3) is 0.0625. The minimum atomic E-state index is -0.441. The monoisotopic (exact) mass is 468 g/mol. The average molecular weight is 470 g/mol. The normalized spacial score (nSPS) is 10.6. The van der Waals surface area contributed by atoms with Crippen LogP contribution in [0.5, 0.6) is 0 Å². The lowest BCUT2D eigenvalue weighted by Gasteiger charge is -2.03. The highest BCUT2D eigenvalue weighted by atomic mass is 79.9. The maximum absolute atomic E-state index is 12.3. The van der Waals surface area contributed by atoms with Crippen molar-refractivity contribution in [2.24, 2.45) is 0 Å². The van der Waals surface area contributed by atoms with Crippen molar-refractivity contribution in [3.05, 3.63) is 56.5 Å². The van der Waals surface area contributed by atoms with Gasteiger partial charge < -0.3 is 4.74 Å². The zero-order valence-corrected chi connectivity index (χ0v) is 16.3. The van der Waals surface area contributed by atoms with Gasteiger partial charge >= 0.3 is 5.97 Å². The van der Waals surface area contributed by atoms with Crippen LogP contribution in [0.2, 0.25) is 0 Å². The fourth-order valence-electron chi connectivity index (χ4n) is 2.06. The van der Waals surface area contributed by atoms with E-state index in [1.54, 1.807) is 24.3 Å². The van der Waals surface area contributed by atoms with Gasteiger partial charge in [0.1, 0.15) is 0 Å². The Morgan fingerprint density at radius 1 is 1.12 bits per heavy atom. The van der Waals surface area contributed by atoms with E-state index in [2.05, 4.69) is 46.9 Å². The number of carbonyl (C=O) groups excluding carboxylic acids is 2. The summed E-state index contributed by atoms with van der Waals surface area (Å²) in [5.41, 5.74) is 1.62. The van der Waals surface area contributed by atoms with Crippen molar-refractivity contribution in [3.63, 3.8) is 0 Å². The first-order chi connectivity index (χ1) is 11.5. The lowest BCUT2D eigenvalue weighted by molar-refractivity contribution is 0.0600. The molecule has 0 aliphatic heterocycles. The van der Waals surface area contributed by atoms with E-state index in [1.807, 2.05) is 12.1 Å². The molecule has 0 fully saturated rings. The van der Waals surface area contributed by atoms with Crippen LogP contribution in [0.25, 0.3) is 10.2 Å². The van der Waals surface area contributed by atoms with Crippen LogP contribution in [0.4, 0.5) is 5.13 Å². The number of anilines is 1. The van der Waals surface area contributed by atoms with Crippen molar-refractivity contribution in [3.8, 4) is 0 Å². The molecular weight excluding hydrogens is 460 g/mol. The Morgan fingerprint density at radius 3 is 2.46 bits per heavy atom. The van der Waals surface area contributed by atoms with Crippen LogP contribution in [0, 0.1) is 0 Å². The summed E-state index contributed by atoms with van der Waals surface area (Å²) in [7, 11) is 1.31. The second-order valence-electron chi connectivity index (χ2n) is 4.78. The van der Waals surface area contributed by atoms with Crippen molar-refractivity contribution < 1.29 is 14.3 Å². The highest BCUT2D eigenvalue weighted by Gasteiger charge is 2.13. The van der Waals surface area contributed by atoms with Gasteiger partial charge in [0, 0.05) is 14.5 Å². The number of halogens is 2. The van der Waals surface area contributed by atoms with E-state index in [9.17, 15) is 9.59 Å². The van der Waals surface area contributed by atoms with Gasteiger partial charge in [-0.2, -0.15) is 0 Å². The summed E-state index contributed by atoms with van der Waals surface area (Å²) in [4.78, 5) is 28.1. The van der Waals surface area contributed by atoms with Gasteiger partial charge in [0.2, 0.25) is 0 Å². The van der Waals surface area contributed by atoms with Gasteiger partial charge in [0.25, 0.3) is 5.91 Å². The molecule has 0 unspecified atom stereocenters. The van der Waals surface area contributed by atoms with E-state index in [4.69, 9.17) is 0 Å². The molecule has 0 aliphatic carbocycles. The number of aromatic nitrogens is 1. The summed E-state index contributed by atoms with van der Waals surface area (Å²) < 4.78 is 7.37. The quantitative estimate of drug-likeness (QED) is 0.556. The number of hydrogen-bond acceptors (Lipinski definition) is 5. The number of methoxy groups -OCH3 is 1. The largest absolute Gasteiger partial charge is 0.465 e. The summed E-state index contributed by atoms with van der Waals surface area (Å²) in [6.45, 7) is 0. The predicted molar refractivity (Wildman–Crippen MR) is 101 cm³/mol. The molecule has 1 N–H and O–H groups in total. The van der Waals surface area contributed by atoms with Crippen LogP contribution < -0.4 is 5.32 Å². The molecular formula is C16H10Br2N2O3S. The van der Waals surface area contributed by atoms with E-state index >= 15 is 0 Å². The number of fused-ring (bicyclic) bond motifs is 1. The number of esters is 1. The number of carbonyl (C=O) groups is 2. The Bertz CT molecular complexity index is 938. The molecule has 1 aromatic heterocycles. The Kier molecular flexibility index (Phi) is 4.98. The van der Waals surface area contributed by atoms with Gasteiger partial charge in [-0.15, -0.1) is 0 Å². The highest BCUT2D eigenvalue weighted by molar-refractivity contribution is 9.11. The van der Waals surface area contributed by atoms with Crippen LogP contribution in [-0.2, 0) is 4.74 Å². The van der Waals surface area contributed by atoms with Crippen molar-refractivity contribution in [1.29, 1.82) is 0 Å². The molecule has 1 amide bonds.